The first-order valence-corrected chi connectivity index (χ1v) is 6.70. The van der Waals surface area contributed by atoms with E-state index in [1.807, 2.05) is 6.92 Å². The smallest absolute Gasteiger partial charge is 0.213 e. The van der Waals surface area contributed by atoms with Crippen LogP contribution in [-0.4, -0.2) is 43.3 Å². The van der Waals surface area contributed by atoms with Crippen LogP contribution in [0.3, 0.4) is 0 Å². The van der Waals surface area contributed by atoms with Gasteiger partial charge in [0.2, 0.25) is 10.0 Å². The number of nitrogens with zero attached hydrogens (tertiary/aromatic N) is 1. The van der Waals surface area contributed by atoms with Crippen LogP contribution in [0.15, 0.2) is 0 Å². The Morgan fingerprint density at radius 3 is 2.50 bits per heavy atom. The van der Waals surface area contributed by atoms with Crippen molar-refractivity contribution in [3.63, 3.8) is 0 Å². The summed E-state index contributed by atoms with van der Waals surface area (Å²) in [6.07, 6.45) is 2.20. The largest absolute Gasteiger partial charge is 0.391 e. The van der Waals surface area contributed by atoms with Crippen molar-refractivity contribution in [1.82, 2.24) is 4.31 Å². The van der Waals surface area contributed by atoms with Gasteiger partial charge in [0.1, 0.15) is 0 Å². The minimum atomic E-state index is -3.14. The monoisotopic (exact) mass is 221 g/mol. The van der Waals surface area contributed by atoms with Crippen molar-refractivity contribution in [3.05, 3.63) is 0 Å². The lowest BCUT2D eigenvalue weighted by Gasteiger charge is -2.19. The Hall–Kier alpha value is -0.130. The van der Waals surface area contributed by atoms with Crippen LogP contribution in [0.4, 0.5) is 0 Å². The molecule has 1 atom stereocenters. The molecule has 0 heterocycles. The molecule has 0 aromatic rings. The Morgan fingerprint density at radius 2 is 2.07 bits per heavy atom. The van der Waals surface area contributed by atoms with Gasteiger partial charge in [0.15, 0.2) is 0 Å². The summed E-state index contributed by atoms with van der Waals surface area (Å²) in [5.41, 5.74) is 0. The molecule has 0 saturated heterocycles. The molecule has 5 heteroatoms. The van der Waals surface area contributed by atoms with E-state index in [4.69, 9.17) is 0 Å². The molecule has 1 aliphatic carbocycles. The third-order valence-corrected chi connectivity index (χ3v) is 4.57. The van der Waals surface area contributed by atoms with Crippen LogP contribution in [0.2, 0.25) is 0 Å². The quantitative estimate of drug-likeness (QED) is 0.707. The molecule has 0 aromatic heterocycles. The highest BCUT2D eigenvalue weighted by Crippen LogP contribution is 2.32. The van der Waals surface area contributed by atoms with Gasteiger partial charge in [0, 0.05) is 13.6 Å². The first-order chi connectivity index (χ1) is 6.47. The predicted molar refractivity (Wildman–Crippen MR) is 55.4 cm³/mol. The SMILES string of the molecule is CCCS(=O)(=O)N(C)CC(O)C1CC1. The summed E-state index contributed by atoms with van der Waals surface area (Å²) in [6.45, 7) is 2.08. The van der Waals surface area contributed by atoms with Crippen LogP contribution in [0, 0.1) is 5.92 Å². The summed E-state index contributed by atoms with van der Waals surface area (Å²) < 4.78 is 24.3. The fraction of sp³-hybridized carbons (Fsp3) is 1.00. The number of likely N-dealkylation sites (N-methyl/N-ethyl adjacent to an activating group) is 1. The summed E-state index contributed by atoms with van der Waals surface area (Å²) in [5.74, 6) is 0.496. The molecule has 1 unspecified atom stereocenters. The molecule has 1 N–H and O–H groups in total. The topological polar surface area (TPSA) is 57.6 Å². The van der Waals surface area contributed by atoms with Crippen LogP contribution >= 0.6 is 0 Å². The molecule has 1 rings (SSSR count). The summed E-state index contributed by atoms with van der Waals surface area (Å²) >= 11 is 0. The third kappa shape index (κ3) is 3.22. The number of aliphatic hydroxyl groups is 1. The maximum absolute atomic E-state index is 11.5. The highest BCUT2D eigenvalue weighted by molar-refractivity contribution is 7.89. The van der Waals surface area contributed by atoms with E-state index in [0.717, 1.165) is 12.8 Å². The molecule has 0 aromatic carbocycles. The van der Waals surface area contributed by atoms with Crippen LogP contribution in [0.25, 0.3) is 0 Å². The second kappa shape index (κ2) is 4.59. The zero-order chi connectivity index (χ0) is 10.8. The fourth-order valence-corrected chi connectivity index (χ4v) is 2.63. The van der Waals surface area contributed by atoms with E-state index in [0.29, 0.717) is 12.3 Å². The van der Waals surface area contributed by atoms with E-state index in [9.17, 15) is 13.5 Å². The minimum Gasteiger partial charge on any atom is -0.391 e. The molecule has 84 valence electrons. The molecular weight excluding hydrogens is 202 g/mol. The highest BCUT2D eigenvalue weighted by atomic mass is 32.2. The number of rotatable bonds is 6. The first-order valence-electron chi connectivity index (χ1n) is 5.09. The molecule has 1 aliphatic rings. The molecular formula is C9H19NO3S. The maximum atomic E-state index is 11.5. The van der Waals surface area contributed by atoms with E-state index < -0.39 is 16.1 Å². The van der Waals surface area contributed by atoms with Crippen LogP contribution in [0.1, 0.15) is 26.2 Å². The Morgan fingerprint density at radius 1 is 1.50 bits per heavy atom. The summed E-state index contributed by atoms with van der Waals surface area (Å²) in [4.78, 5) is 0. The molecule has 4 nitrogen and oxygen atoms in total. The van der Waals surface area contributed by atoms with E-state index in [1.165, 1.54) is 11.4 Å². The van der Waals surface area contributed by atoms with Gasteiger partial charge < -0.3 is 5.11 Å². The number of hydrogen-bond donors (Lipinski definition) is 1. The van der Waals surface area contributed by atoms with Crippen LogP contribution < -0.4 is 0 Å². The molecule has 0 radical (unpaired) electrons. The molecule has 0 spiro atoms. The second-order valence-corrected chi connectivity index (χ2v) is 6.20. The zero-order valence-electron chi connectivity index (χ0n) is 8.81. The van der Waals surface area contributed by atoms with Crippen LogP contribution in [-0.2, 0) is 10.0 Å². The van der Waals surface area contributed by atoms with E-state index in [2.05, 4.69) is 0 Å². The average Bonchev–Trinajstić information content (AvgIpc) is 2.85. The van der Waals surface area contributed by atoms with Crippen molar-refractivity contribution in [2.75, 3.05) is 19.3 Å². The Bertz CT molecular complexity index is 272. The molecule has 1 saturated carbocycles. The lowest BCUT2D eigenvalue weighted by molar-refractivity contribution is 0.131. The molecule has 14 heavy (non-hydrogen) atoms. The van der Waals surface area contributed by atoms with E-state index in [1.54, 1.807) is 0 Å². The van der Waals surface area contributed by atoms with Gasteiger partial charge in [-0.05, 0) is 25.2 Å². The fourth-order valence-electron chi connectivity index (χ4n) is 1.42. The van der Waals surface area contributed by atoms with Crippen molar-refractivity contribution in [3.8, 4) is 0 Å². The Kier molecular flexibility index (Phi) is 3.92. The van der Waals surface area contributed by atoms with Gasteiger partial charge in [-0.2, -0.15) is 0 Å². The Balaban J connectivity index is 2.43. The van der Waals surface area contributed by atoms with Gasteiger partial charge in [-0.15, -0.1) is 0 Å². The van der Waals surface area contributed by atoms with E-state index in [-0.39, 0.29) is 12.3 Å². The number of sulfonamides is 1. The molecule has 1 fully saturated rings. The first kappa shape index (κ1) is 11.9. The standard InChI is InChI=1S/C9H19NO3S/c1-3-6-14(12,13)10(2)7-9(11)8-4-5-8/h8-9,11H,3-7H2,1-2H3. The summed E-state index contributed by atoms with van der Waals surface area (Å²) in [5, 5.41) is 9.58. The lowest BCUT2D eigenvalue weighted by atomic mass is 10.2. The molecule has 0 aliphatic heterocycles. The summed E-state index contributed by atoms with van der Waals surface area (Å²) in [6, 6.07) is 0. The maximum Gasteiger partial charge on any atom is 0.213 e. The highest BCUT2D eigenvalue weighted by Gasteiger charge is 2.32. The van der Waals surface area contributed by atoms with Gasteiger partial charge in [0.05, 0.1) is 11.9 Å². The van der Waals surface area contributed by atoms with Crippen molar-refractivity contribution >= 4 is 10.0 Å². The normalized spacial score (nSPS) is 20.0. The predicted octanol–water partition coefficient (Wildman–Crippen LogP) is 0.429. The zero-order valence-corrected chi connectivity index (χ0v) is 9.63. The minimum absolute atomic E-state index is 0.168. The van der Waals surface area contributed by atoms with Crippen molar-refractivity contribution < 1.29 is 13.5 Å². The molecule has 0 amide bonds. The van der Waals surface area contributed by atoms with Crippen LogP contribution in [0.5, 0.6) is 0 Å². The van der Waals surface area contributed by atoms with Gasteiger partial charge in [-0.1, -0.05) is 6.92 Å². The third-order valence-electron chi connectivity index (χ3n) is 2.55. The lowest BCUT2D eigenvalue weighted by Crippen LogP contribution is -2.36. The Labute approximate surface area is 86.0 Å². The summed E-state index contributed by atoms with van der Waals surface area (Å²) in [7, 11) is -1.60. The van der Waals surface area contributed by atoms with Gasteiger partial charge in [0.25, 0.3) is 0 Å². The van der Waals surface area contributed by atoms with Crippen molar-refractivity contribution in [1.29, 1.82) is 0 Å². The van der Waals surface area contributed by atoms with Gasteiger partial charge in [-0.3, -0.25) is 0 Å². The number of hydrogen-bond acceptors (Lipinski definition) is 3. The van der Waals surface area contributed by atoms with E-state index >= 15 is 0 Å². The van der Waals surface area contributed by atoms with Crippen molar-refractivity contribution in [2.24, 2.45) is 5.92 Å². The number of aliphatic hydroxyl groups excluding tert-OH is 1. The van der Waals surface area contributed by atoms with Crippen molar-refractivity contribution in [2.45, 2.75) is 32.3 Å². The average molecular weight is 221 g/mol. The molecule has 0 bridgehead atoms. The van der Waals surface area contributed by atoms with Gasteiger partial charge in [-0.25, -0.2) is 12.7 Å². The van der Waals surface area contributed by atoms with Gasteiger partial charge >= 0.3 is 0 Å². The second-order valence-electron chi connectivity index (χ2n) is 4.00.